The van der Waals surface area contributed by atoms with E-state index in [9.17, 15) is 39.9 Å². The van der Waals surface area contributed by atoms with E-state index in [1.54, 1.807) is 0 Å². The average molecular weight is 522 g/mol. The van der Waals surface area contributed by atoms with E-state index in [4.69, 9.17) is 0 Å². The van der Waals surface area contributed by atoms with Crippen LogP contribution in [0.4, 0.5) is 35.1 Å². The van der Waals surface area contributed by atoms with Gasteiger partial charge >= 0.3 is 12.4 Å². The van der Waals surface area contributed by atoms with Crippen molar-refractivity contribution in [1.82, 2.24) is 10.6 Å². The Morgan fingerprint density at radius 1 is 0.917 bits per heavy atom. The largest absolute Gasteiger partial charge is 0.416 e. The Morgan fingerprint density at radius 3 is 2.06 bits per heavy atom. The van der Waals surface area contributed by atoms with Gasteiger partial charge in [-0.15, -0.1) is 0 Å². The summed E-state index contributed by atoms with van der Waals surface area (Å²) in [4.78, 5) is 13.2. The average Bonchev–Trinajstić information content (AvgIpc) is 3.23. The monoisotopic (exact) mass is 522 g/mol. The third-order valence-electron chi connectivity index (χ3n) is 6.79. The highest BCUT2D eigenvalue weighted by atomic mass is 19.4. The van der Waals surface area contributed by atoms with Crippen LogP contribution in [0.25, 0.3) is 0 Å². The molecule has 1 fully saturated rings. The van der Waals surface area contributed by atoms with Gasteiger partial charge in [-0.05, 0) is 66.6 Å². The zero-order valence-corrected chi connectivity index (χ0v) is 19.6. The first-order chi connectivity index (χ1) is 16.6. The third kappa shape index (κ3) is 6.35. The maximum atomic E-state index is 13.4. The SMILES string of the molecule is CC(C)[C@]1(C(=O)NCc2cc(C(F)(F)F)cc(C(F)(F)F)c2)CC[C@@H](NCc2ccc(F)c(F)c2)C1. The number of carbonyl (C=O) groups excluding carboxylic acids is 1. The molecule has 2 aromatic carbocycles. The minimum atomic E-state index is -4.98. The summed E-state index contributed by atoms with van der Waals surface area (Å²) >= 11 is 0. The van der Waals surface area contributed by atoms with E-state index in [0.29, 0.717) is 37.0 Å². The maximum absolute atomic E-state index is 13.4. The molecule has 0 aliphatic heterocycles. The van der Waals surface area contributed by atoms with E-state index in [0.717, 1.165) is 12.1 Å². The number of hydrogen-bond donors (Lipinski definition) is 2. The van der Waals surface area contributed by atoms with Crippen molar-refractivity contribution in [1.29, 1.82) is 0 Å². The number of carbonyl (C=O) groups is 1. The van der Waals surface area contributed by atoms with Crippen molar-refractivity contribution < 1.29 is 39.9 Å². The van der Waals surface area contributed by atoms with Gasteiger partial charge in [0, 0.05) is 19.1 Å². The summed E-state index contributed by atoms with van der Waals surface area (Å²) in [5.74, 6) is -2.56. The van der Waals surface area contributed by atoms with Gasteiger partial charge < -0.3 is 10.6 Å². The highest BCUT2D eigenvalue weighted by Gasteiger charge is 2.47. The van der Waals surface area contributed by atoms with Gasteiger partial charge in [-0.2, -0.15) is 26.3 Å². The second kappa shape index (κ2) is 10.4. The number of hydrogen-bond acceptors (Lipinski definition) is 2. The van der Waals surface area contributed by atoms with Gasteiger partial charge in [-0.3, -0.25) is 4.79 Å². The fraction of sp³-hybridized carbons (Fsp3) is 0.480. The summed E-state index contributed by atoms with van der Waals surface area (Å²) in [6.07, 6.45) is -8.55. The summed E-state index contributed by atoms with van der Waals surface area (Å²) in [5.41, 5.74) is -3.56. The first-order valence-electron chi connectivity index (χ1n) is 11.4. The van der Waals surface area contributed by atoms with Crippen LogP contribution in [0.5, 0.6) is 0 Å². The van der Waals surface area contributed by atoms with Crippen LogP contribution in [0.2, 0.25) is 0 Å². The molecule has 0 bridgehead atoms. The third-order valence-corrected chi connectivity index (χ3v) is 6.79. The van der Waals surface area contributed by atoms with Crippen molar-refractivity contribution in [3.63, 3.8) is 0 Å². The summed E-state index contributed by atoms with van der Waals surface area (Å²) in [6.45, 7) is 3.39. The molecule has 0 heterocycles. The quantitative estimate of drug-likeness (QED) is 0.402. The van der Waals surface area contributed by atoms with Crippen LogP contribution in [0.3, 0.4) is 0 Å². The number of amides is 1. The molecule has 0 radical (unpaired) electrons. The van der Waals surface area contributed by atoms with E-state index < -0.39 is 53.0 Å². The second-order valence-electron chi connectivity index (χ2n) is 9.48. The van der Waals surface area contributed by atoms with Gasteiger partial charge in [-0.1, -0.05) is 19.9 Å². The Hall–Kier alpha value is -2.69. The number of nitrogens with one attached hydrogen (secondary N) is 2. The van der Waals surface area contributed by atoms with Gasteiger partial charge in [0.1, 0.15) is 0 Å². The van der Waals surface area contributed by atoms with Crippen LogP contribution in [-0.2, 0) is 30.2 Å². The highest BCUT2D eigenvalue weighted by molar-refractivity contribution is 5.83. The van der Waals surface area contributed by atoms with Crippen molar-refractivity contribution in [2.45, 2.75) is 64.6 Å². The Morgan fingerprint density at radius 2 is 1.53 bits per heavy atom. The molecule has 3 rings (SSSR count). The molecule has 1 aliphatic carbocycles. The molecule has 0 aromatic heterocycles. The molecule has 3 nitrogen and oxygen atoms in total. The first kappa shape index (κ1) is 27.9. The fourth-order valence-corrected chi connectivity index (χ4v) is 4.63. The predicted octanol–water partition coefficient (Wildman–Crippen LogP) is 6.60. The smallest absolute Gasteiger partial charge is 0.352 e. The molecule has 1 amide bonds. The van der Waals surface area contributed by atoms with Gasteiger partial charge in [0.2, 0.25) is 5.91 Å². The summed E-state index contributed by atoms with van der Waals surface area (Å²) < 4.78 is 105. The van der Waals surface area contributed by atoms with Crippen molar-refractivity contribution in [2.24, 2.45) is 11.3 Å². The molecule has 1 saturated carbocycles. The lowest BCUT2D eigenvalue weighted by Crippen LogP contribution is -2.43. The molecule has 2 aromatic rings. The fourth-order valence-electron chi connectivity index (χ4n) is 4.63. The van der Waals surface area contributed by atoms with Crippen LogP contribution in [0.1, 0.15) is 55.4 Å². The standard InChI is InChI=1S/C25H26F8N2O/c1-14(2)23(6-5-19(11-23)34-12-15-3-4-20(26)21(27)9-15)22(36)35-13-16-7-17(24(28,29)30)10-18(8-16)25(31,32)33/h3-4,7-10,14,19,34H,5-6,11-13H2,1-2H3,(H,35,36)/t19-,23+/m1/s1. The molecular weight excluding hydrogens is 496 g/mol. The molecule has 1 aliphatic rings. The Labute approximate surface area is 203 Å². The van der Waals surface area contributed by atoms with Gasteiger partial charge in [0.15, 0.2) is 11.6 Å². The lowest BCUT2D eigenvalue weighted by Gasteiger charge is -2.32. The summed E-state index contributed by atoms with van der Waals surface area (Å²) in [5, 5.41) is 5.75. The molecule has 11 heteroatoms. The normalized spacial score (nSPS) is 20.7. The topological polar surface area (TPSA) is 41.1 Å². The number of alkyl halides is 6. The molecule has 0 spiro atoms. The summed E-state index contributed by atoms with van der Waals surface area (Å²) in [6, 6.07) is 4.62. The van der Waals surface area contributed by atoms with Gasteiger partial charge in [0.05, 0.1) is 16.5 Å². The van der Waals surface area contributed by atoms with Crippen LogP contribution in [0, 0.1) is 23.0 Å². The minimum absolute atomic E-state index is 0.0428. The van der Waals surface area contributed by atoms with Crippen molar-refractivity contribution in [2.75, 3.05) is 0 Å². The van der Waals surface area contributed by atoms with Crippen LogP contribution in [-0.4, -0.2) is 11.9 Å². The zero-order valence-electron chi connectivity index (χ0n) is 19.6. The number of halogens is 8. The van der Waals surface area contributed by atoms with Gasteiger partial charge in [0.25, 0.3) is 0 Å². The molecule has 2 N–H and O–H groups in total. The van der Waals surface area contributed by atoms with E-state index in [1.165, 1.54) is 6.07 Å². The maximum Gasteiger partial charge on any atom is 0.416 e. The predicted molar refractivity (Wildman–Crippen MR) is 116 cm³/mol. The van der Waals surface area contributed by atoms with E-state index >= 15 is 0 Å². The van der Waals surface area contributed by atoms with E-state index in [-0.39, 0.29) is 30.1 Å². The second-order valence-corrected chi connectivity index (χ2v) is 9.48. The molecule has 0 unspecified atom stereocenters. The van der Waals surface area contributed by atoms with E-state index in [2.05, 4.69) is 10.6 Å². The van der Waals surface area contributed by atoms with Gasteiger partial charge in [-0.25, -0.2) is 8.78 Å². The molecule has 36 heavy (non-hydrogen) atoms. The Bertz CT molecular complexity index is 1060. The number of rotatable bonds is 7. The summed E-state index contributed by atoms with van der Waals surface area (Å²) in [7, 11) is 0. The first-order valence-corrected chi connectivity index (χ1v) is 11.4. The number of benzene rings is 2. The lowest BCUT2D eigenvalue weighted by atomic mass is 9.74. The van der Waals surface area contributed by atoms with Crippen LogP contribution < -0.4 is 10.6 Å². The molecular formula is C25H26F8N2O. The Kier molecular flexibility index (Phi) is 8.02. The van der Waals surface area contributed by atoms with Crippen LogP contribution in [0.15, 0.2) is 36.4 Å². The molecule has 0 saturated heterocycles. The Balaban J connectivity index is 1.70. The molecule has 2 atom stereocenters. The van der Waals surface area contributed by atoms with Crippen LogP contribution >= 0.6 is 0 Å². The highest BCUT2D eigenvalue weighted by Crippen LogP contribution is 2.45. The lowest BCUT2D eigenvalue weighted by molar-refractivity contribution is -0.143. The minimum Gasteiger partial charge on any atom is -0.352 e. The van der Waals surface area contributed by atoms with E-state index in [1.807, 2.05) is 13.8 Å². The molecule has 198 valence electrons. The zero-order chi connectivity index (χ0) is 26.9. The van der Waals surface area contributed by atoms with Crippen molar-refractivity contribution in [3.8, 4) is 0 Å². The van der Waals surface area contributed by atoms with Crippen molar-refractivity contribution >= 4 is 5.91 Å². The van der Waals surface area contributed by atoms with Crippen molar-refractivity contribution in [3.05, 3.63) is 70.3 Å².